The van der Waals surface area contributed by atoms with Crippen LogP contribution in [0.3, 0.4) is 0 Å². The molecule has 0 radical (unpaired) electrons. The zero-order valence-electron chi connectivity index (χ0n) is 10.8. The van der Waals surface area contributed by atoms with Crippen molar-refractivity contribution in [3.05, 3.63) is 28.8 Å². The van der Waals surface area contributed by atoms with E-state index < -0.39 is 0 Å². The monoisotopic (exact) mass is 262 g/mol. The Morgan fingerprint density at radius 2 is 2.33 bits per heavy atom. The highest BCUT2D eigenvalue weighted by Crippen LogP contribution is 2.29. The quantitative estimate of drug-likeness (QED) is 0.919. The molecule has 4 nitrogen and oxygen atoms in total. The molecular weight excluding hydrogens is 244 g/mol. The molecule has 2 aromatic rings. The molecule has 1 N–H and O–H groups in total. The predicted octanol–water partition coefficient (Wildman–Crippen LogP) is 2.32. The van der Waals surface area contributed by atoms with Gasteiger partial charge >= 0.3 is 0 Å². The SMILES string of the molecule is CC(C)NCc1cn(-c2nc3c(s2)CCC3)cn1. The van der Waals surface area contributed by atoms with Gasteiger partial charge < -0.3 is 5.32 Å². The van der Waals surface area contributed by atoms with Crippen LogP contribution in [-0.2, 0) is 19.4 Å². The lowest BCUT2D eigenvalue weighted by Gasteiger charge is -2.04. The maximum absolute atomic E-state index is 4.69. The standard InChI is InChI=1S/C13H18N4S/c1-9(2)14-6-10-7-17(8-15-10)13-16-11-4-3-5-12(11)18-13/h7-9,14H,3-6H2,1-2H3. The Bertz CT molecular complexity index is 519. The zero-order chi connectivity index (χ0) is 12.5. The molecule has 2 aromatic heterocycles. The average Bonchev–Trinajstić information content (AvgIpc) is 3.00. The number of rotatable bonds is 4. The number of aromatic nitrogens is 3. The van der Waals surface area contributed by atoms with Gasteiger partial charge in [0.1, 0.15) is 6.33 Å². The van der Waals surface area contributed by atoms with Crippen molar-refractivity contribution >= 4 is 11.3 Å². The van der Waals surface area contributed by atoms with Crippen molar-refractivity contribution in [1.29, 1.82) is 0 Å². The van der Waals surface area contributed by atoms with E-state index >= 15 is 0 Å². The van der Waals surface area contributed by atoms with Gasteiger partial charge in [-0.05, 0) is 19.3 Å². The summed E-state index contributed by atoms with van der Waals surface area (Å²) in [6, 6.07) is 0.485. The summed E-state index contributed by atoms with van der Waals surface area (Å²) in [7, 11) is 0. The predicted molar refractivity (Wildman–Crippen MR) is 73.2 cm³/mol. The maximum Gasteiger partial charge on any atom is 0.195 e. The molecule has 0 aromatic carbocycles. The number of thiazole rings is 1. The molecule has 96 valence electrons. The second kappa shape index (κ2) is 4.82. The number of aryl methyl sites for hydroxylation is 2. The molecule has 0 spiro atoms. The van der Waals surface area contributed by atoms with Crippen LogP contribution in [0.2, 0.25) is 0 Å². The van der Waals surface area contributed by atoms with Gasteiger partial charge in [0, 0.05) is 23.7 Å². The van der Waals surface area contributed by atoms with E-state index in [-0.39, 0.29) is 0 Å². The molecular formula is C13H18N4S. The molecule has 0 aliphatic heterocycles. The Morgan fingerprint density at radius 1 is 1.44 bits per heavy atom. The van der Waals surface area contributed by atoms with E-state index in [1.165, 1.54) is 23.4 Å². The summed E-state index contributed by atoms with van der Waals surface area (Å²) in [5, 5.41) is 4.43. The van der Waals surface area contributed by atoms with Crippen LogP contribution in [0.25, 0.3) is 5.13 Å². The third-order valence-corrected chi connectivity index (χ3v) is 4.30. The van der Waals surface area contributed by atoms with Crippen LogP contribution >= 0.6 is 11.3 Å². The Kier molecular flexibility index (Phi) is 3.18. The molecule has 0 unspecified atom stereocenters. The first-order valence-electron chi connectivity index (χ1n) is 6.47. The minimum Gasteiger partial charge on any atom is -0.309 e. The highest BCUT2D eigenvalue weighted by atomic mass is 32.1. The summed E-state index contributed by atoms with van der Waals surface area (Å²) in [4.78, 5) is 10.6. The molecule has 18 heavy (non-hydrogen) atoms. The van der Waals surface area contributed by atoms with Gasteiger partial charge in [0.25, 0.3) is 0 Å². The molecule has 3 rings (SSSR count). The Labute approximate surface area is 111 Å². The molecule has 0 saturated carbocycles. The van der Waals surface area contributed by atoms with Crippen LogP contribution in [0.1, 0.15) is 36.5 Å². The van der Waals surface area contributed by atoms with E-state index in [0.29, 0.717) is 6.04 Å². The maximum atomic E-state index is 4.69. The van der Waals surface area contributed by atoms with Crippen LogP contribution in [0, 0.1) is 0 Å². The van der Waals surface area contributed by atoms with E-state index in [4.69, 9.17) is 4.98 Å². The van der Waals surface area contributed by atoms with Crippen LogP contribution in [0.15, 0.2) is 12.5 Å². The molecule has 1 aliphatic carbocycles. The molecule has 0 saturated heterocycles. The first-order chi connectivity index (χ1) is 8.72. The summed E-state index contributed by atoms with van der Waals surface area (Å²) in [5.41, 5.74) is 2.37. The average molecular weight is 262 g/mol. The van der Waals surface area contributed by atoms with Crippen LogP contribution in [0.4, 0.5) is 0 Å². The number of nitrogens with one attached hydrogen (secondary N) is 1. The van der Waals surface area contributed by atoms with Crippen molar-refractivity contribution in [2.75, 3.05) is 0 Å². The van der Waals surface area contributed by atoms with Crippen molar-refractivity contribution in [2.45, 2.75) is 45.7 Å². The number of imidazole rings is 1. The van der Waals surface area contributed by atoms with Crippen molar-refractivity contribution in [1.82, 2.24) is 19.9 Å². The molecule has 2 heterocycles. The van der Waals surface area contributed by atoms with Crippen molar-refractivity contribution in [3.63, 3.8) is 0 Å². The van der Waals surface area contributed by atoms with Gasteiger partial charge in [-0.15, -0.1) is 11.3 Å². The first-order valence-corrected chi connectivity index (χ1v) is 7.29. The smallest absolute Gasteiger partial charge is 0.195 e. The molecule has 5 heteroatoms. The fourth-order valence-corrected chi connectivity index (χ4v) is 3.25. The van der Waals surface area contributed by atoms with Crippen LogP contribution in [0.5, 0.6) is 0 Å². The summed E-state index contributed by atoms with van der Waals surface area (Å²) < 4.78 is 2.04. The molecule has 0 atom stereocenters. The molecule has 0 amide bonds. The number of nitrogens with zero attached hydrogens (tertiary/aromatic N) is 3. The van der Waals surface area contributed by atoms with Gasteiger partial charge in [0.05, 0.1) is 11.4 Å². The fourth-order valence-electron chi connectivity index (χ4n) is 2.16. The second-order valence-electron chi connectivity index (χ2n) is 5.03. The highest BCUT2D eigenvalue weighted by Gasteiger charge is 2.17. The third-order valence-electron chi connectivity index (χ3n) is 3.13. The third kappa shape index (κ3) is 2.33. The number of fused-ring (bicyclic) bond motifs is 1. The lowest BCUT2D eigenvalue weighted by atomic mass is 10.3. The zero-order valence-corrected chi connectivity index (χ0v) is 11.6. The van der Waals surface area contributed by atoms with Crippen molar-refractivity contribution in [3.8, 4) is 5.13 Å². The van der Waals surface area contributed by atoms with Crippen molar-refractivity contribution < 1.29 is 0 Å². The van der Waals surface area contributed by atoms with Gasteiger partial charge in [-0.3, -0.25) is 4.57 Å². The normalized spacial score (nSPS) is 14.4. The van der Waals surface area contributed by atoms with E-state index in [1.807, 2.05) is 10.9 Å². The lowest BCUT2D eigenvalue weighted by molar-refractivity contribution is 0.582. The van der Waals surface area contributed by atoms with E-state index in [0.717, 1.165) is 23.8 Å². The Balaban J connectivity index is 1.75. The minimum atomic E-state index is 0.485. The Hall–Kier alpha value is -1.20. The highest BCUT2D eigenvalue weighted by molar-refractivity contribution is 7.14. The first kappa shape index (κ1) is 11.9. The summed E-state index contributed by atoms with van der Waals surface area (Å²) >= 11 is 1.80. The fraction of sp³-hybridized carbons (Fsp3) is 0.538. The lowest BCUT2D eigenvalue weighted by Crippen LogP contribution is -2.21. The molecule has 0 bridgehead atoms. The van der Waals surface area contributed by atoms with Gasteiger partial charge in [-0.2, -0.15) is 0 Å². The van der Waals surface area contributed by atoms with Crippen LogP contribution in [-0.4, -0.2) is 20.6 Å². The summed E-state index contributed by atoms with van der Waals surface area (Å²) in [5.74, 6) is 0. The largest absolute Gasteiger partial charge is 0.309 e. The molecule has 0 fully saturated rings. The number of hydrogen-bond donors (Lipinski definition) is 1. The van der Waals surface area contributed by atoms with E-state index in [1.54, 1.807) is 11.3 Å². The second-order valence-corrected chi connectivity index (χ2v) is 6.09. The van der Waals surface area contributed by atoms with Crippen LogP contribution < -0.4 is 5.32 Å². The minimum absolute atomic E-state index is 0.485. The van der Waals surface area contributed by atoms with E-state index in [2.05, 4.69) is 30.3 Å². The Morgan fingerprint density at radius 3 is 3.11 bits per heavy atom. The van der Waals surface area contributed by atoms with Gasteiger partial charge in [-0.1, -0.05) is 13.8 Å². The molecule has 1 aliphatic rings. The topological polar surface area (TPSA) is 42.7 Å². The summed E-state index contributed by atoms with van der Waals surface area (Å²) in [6.45, 7) is 5.10. The summed E-state index contributed by atoms with van der Waals surface area (Å²) in [6.07, 6.45) is 7.54. The van der Waals surface area contributed by atoms with Gasteiger partial charge in [0.2, 0.25) is 0 Å². The van der Waals surface area contributed by atoms with Crippen molar-refractivity contribution in [2.24, 2.45) is 0 Å². The van der Waals surface area contributed by atoms with Gasteiger partial charge in [-0.25, -0.2) is 9.97 Å². The van der Waals surface area contributed by atoms with Gasteiger partial charge in [0.15, 0.2) is 5.13 Å². The number of hydrogen-bond acceptors (Lipinski definition) is 4. The van der Waals surface area contributed by atoms with E-state index in [9.17, 15) is 0 Å².